The molecule has 4 atom stereocenters. The van der Waals surface area contributed by atoms with Crippen molar-refractivity contribution in [3.63, 3.8) is 0 Å². The highest BCUT2D eigenvalue weighted by Crippen LogP contribution is 2.52. The Kier molecular flexibility index (Phi) is 13.1. The molecule has 0 aromatic rings. The van der Waals surface area contributed by atoms with Crippen LogP contribution in [0, 0.1) is 17.3 Å². The second kappa shape index (κ2) is 14.7. The molecule has 15 heteroatoms. The molecule has 1 rings (SSSR count). The van der Waals surface area contributed by atoms with Gasteiger partial charge in [0.2, 0.25) is 11.8 Å². The molecule has 0 radical (unpaired) electrons. The number of Topliss-reactive ketones (excluding diaryl/α,β-unsaturated/α-hetero) is 2. The first-order chi connectivity index (χ1) is 17.1. The fraction of sp³-hybridized carbons (Fsp3) is 0.727. The van der Waals surface area contributed by atoms with Crippen molar-refractivity contribution in [3.8, 4) is 0 Å². The van der Waals surface area contributed by atoms with E-state index in [1.807, 2.05) is 0 Å². The van der Waals surface area contributed by atoms with Crippen molar-refractivity contribution in [3.05, 3.63) is 0 Å². The number of hydrogen-bond acceptors (Lipinski definition) is 11. The third-order valence-electron chi connectivity index (χ3n) is 5.60. The molecule has 0 spiro atoms. The molecular formula is C22H35N2O11PS. The third-order valence-corrected chi connectivity index (χ3v) is 7.58. The van der Waals surface area contributed by atoms with E-state index in [1.165, 1.54) is 21.0 Å². The van der Waals surface area contributed by atoms with Crippen LogP contribution < -0.4 is 10.6 Å². The predicted octanol–water partition coefficient (Wildman–Crippen LogP) is 0.774. The summed E-state index contributed by atoms with van der Waals surface area (Å²) in [6.07, 6.45) is -1.59. The monoisotopic (exact) mass is 566 g/mol. The van der Waals surface area contributed by atoms with E-state index in [0.29, 0.717) is 0 Å². The minimum atomic E-state index is -4.31. The summed E-state index contributed by atoms with van der Waals surface area (Å²) in [7, 11) is -3.11. The third kappa shape index (κ3) is 11.0. The van der Waals surface area contributed by atoms with Crippen LogP contribution in [-0.2, 0) is 47.1 Å². The first-order valence-electron chi connectivity index (χ1n) is 11.6. The van der Waals surface area contributed by atoms with Gasteiger partial charge in [0.1, 0.15) is 5.78 Å². The predicted molar refractivity (Wildman–Crippen MR) is 132 cm³/mol. The molecule has 37 heavy (non-hydrogen) atoms. The second-order valence-electron chi connectivity index (χ2n) is 9.16. The van der Waals surface area contributed by atoms with Crippen LogP contribution in [0.4, 0.5) is 0 Å². The van der Waals surface area contributed by atoms with Gasteiger partial charge in [0.15, 0.2) is 17.0 Å². The molecule has 0 saturated carbocycles. The zero-order valence-electron chi connectivity index (χ0n) is 21.6. The maximum absolute atomic E-state index is 12.4. The van der Waals surface area contributed by atoms with Crippen molar-refractivity contribution in [1.29, 1.82) is 0 Å². The van der Waals surface area contributed by atoms with Crippen LogP contribution >= 0.6 is 19.6 Å². The molecule has 0 aliphatic carbocycles. The molecule has 1 fully saturated rings. The van der Waals surface area contributed by atoms with Crippen LogP contribution in [0.15, 0.2) is 0 Å². The van der Waals surface area contributed by atoms with Gasteiger partial charge >= 0.3 is 13.8 Å². The lowest BCUT2D eigenvalue weighted by Crippen LogP contribution is -2.49. The summed E-state index contributed by atoms with van der Waals surface area (Å²) in [6.45, 7) is 6.01. The van der Waals surface area contributed by atoms with Crippen LogP contribution in [0.1, 0.15) is 47.0 Å². The van der Waals surface area contributed by atoms with Crippen LogP contribution in [0.3, 0.4) is 0 Å². The topological polar surface area (TPSA) is 191 Å². The lowest BCUT2D eigenvalue weighted by molar-refractivity contribution is -0.143. The van der Waals surface area contributed by atoms with Crippen molar-refractivity contribution >= 4 is 54.1 Å². The number of carbonyl (C=O) groups is 6. The Balaban J connectivity index is 2.32. The smallest absolute Gasteiger partial charge is 0.469 e. The molecule has 13 nitrogen and oxygen atoms in total. The first-order valence-corrected chi connectivity index (χ1v) is 14.1. The SMILES string of the molecule is COC(=O)CCC(=O)C(C)C(=O)C(C)C(=O)SCCNC(=O)CCNC(=O)[C@@H]1OP(=O)(O)OCC1(C)C. The largest absolute Gasteiger partial charge is 0.472 e. The summed E-state index contributed by atoms with van der Waals surface area (Å²) in [5.74, 6) is -4.46. The highest BCUT2D eigenvalue weighted by molar-refractivity contribution is 8.13. The van der Waals surface area contributed by atoms with Crippen LogP contribution in [0.25, 0.3) is 0 Å². The number of methoxy groups -OCH3 is 1. The van der Waals surface area contributed by atoms with Gasteiger partial charge in [-0.1, -0.05) is 25.6 Å². The fourth-order valence-corrected chi connectivity index (χ4v) is 5.15. The summed E-state index contributed by atoms with van der Waals surface area (Å²) < 4.78 is 25.7. The average molecular weight is 567 g/mol. The molecule has 0 aromatic carbocycles. The van der Waals surface area contributed by atoms with E-state index in [0.717, 1.165) is 11.8 Å². The van der Waals surface area contributed by atoms with Crippen LogP contribution in [-0.4, -0.2) is 78.0 Å². The molecule has 3 unspecified atom stereocenters. The number of rotatable bonds is 14. The van der Waals surface area contributed by atoms with Crippen molar-refractivity contribution in [2.75, 3.05) is 32.6 Å². The zero-order valence-corrected chi connectivity index (χ0v) is 23.3. The maximum atomic E-state index is 12.4. The van der Waals surface area contributed by atoms with Gasteiger partial charge in [-0.25, -0.2) is 4.57 Å². The Morgan fingerprint density at radius 2 is 1.70 bits per heavy atom. The Morgan fingerprint density at radius 3 is 2.32 bits per heavy atom. The summed E-state index contributed by atoms with van der Waals surface area (Å²) in [4.78, 5) is 81.8. The van der Waals surface area contributed by atoms with Crippen molar-refractivity contribution in [1.82, 2.24) is 10.6 Å². The normalized spacial score (nSPS) is 22.3. The molecule has 0 aromatic heterocycles. The van der Waals surface area contributed by atoms with Gasteiger partial charge < -0.3 is 20.3 Å². The van der Waals surface area contributed by atoms with Gasteiger partial charge in [0, 0.05) is 37.1 Å². The Hall–Kier alpha value is -2.12. The fourth-order valence-electron chi connectivity index (χ4n) is 3.17. The highest BCUT2D eigenvalue weighted by atomic mass is 32.2. The number of hydrogen-bond donors (Lipinski definition) is 3. The zero-order chi connectivity index (χ0) is 28.4. The number of ketones is 2. The number of esters is 1. The number of thioether (sulfide) groups is 1. The van der Waals surface area contributed by atoms with Crippen LogP contribution in [0.5, 0.6) is 0 Å². The summed E-state index contributed by atoms with van der Waals surface area (Å²) >= 11 is 0.845. The minimum absolute atomic E-state index is 0.0449. The number of amides is 2. The van der Waals surface area contributed by atoms with Gasteiger partial charge in [-0.05, 0) is 13.8 Å². The first kappa shape index (κ1) is 32.9. The molecule has 1 aliphatic rings. The molecule has 1 aliphatic heterocycles. The lowest BCUT2D eigenvalue weighted by atomic mass is 9.87. The standard InChI is InChI=1S/C22H35N2O11PS/c1-13(15(25)6-7-17(27)33-5)18(28)14(2)21(30)37-11-10-23-16(26)8-9-24-20(29)19-22(3,4)12-34-36(31,32)35-19/h13-14,19H,6-12H2,1-5H3,(H,23,26)(H,24,29)(H,31,32)/t13?,14?,19-/m0/s1. The summed E-state index contributed by atoms with van der Waals surface area (Å²) in [5.41, 5.74) is -0.848. The van der Waals surface area contributed by atoms with Crippen LogP contribution in [0.2, 0.25) is 0 Å². The molecule has 210 valence electrons. The number of phosphoric acid groups is 1. The number of ether oxygens (including phenoxy) is 1. The molecule has 1 saturated heterocycles. The van der Waals surface area contributed by atoms with Gasteiger partial charge in [-0.3, -0.25) is 37.8 Å². The van der Waals surface area contributed by atoms with Gasteiger partial charge in [-0.2, -0.15) is 0 Å². The van der Waals surface area contributed by atoms with Crippen molar-refractivity contribution in [2.24, 2.45) is 17.3 Å². The minimum Gasteiger partial charge on any atom is -0.469 e. The van der Waals surface area contributed by atoms with Gasteiger partial charge in [0.05, 0.1) is 32.0 Å². The molecule has 0 bridgehead atoms. The summed E-state index contributed by atoms with van der Waals surface area (Å²) in [5, 5.41) is 4.62. The average Bonchev–Trinajstić information content (AvgIpc) is 2.84. The van der Waals surface area contributed by atoms with E-state index in [4.69, 9.17) is 9.05 Å². The van der Waals surface area contributed by atoms with Gasteiger partial charge in [0.25, 0.3) is 0 Å². The van der Waals surface area contributed by atoms with E-state index >= 15 is 0 Å². The van der Waals surface area contributed by atoms with E-state index < -0.39 is 65.6 Å². The Morgan fingerprint density at radius 1 is 1.05 bits per heavy atom. The quantitative estimate of drug-likeness (QED) is 0.116. The number of phosphoric ester groups is 1. The molecule has 2 amide bonds. The second-order valence-corrected chi connectivity index (χ2v) is 11.7. The van der Waals surface area contributed by atoms with E-state index in [-0.39, 0.29) is 44.7 Å². The lowest BCUT2D eigenvalue weighted by Gasteiger charge is -2.38. The Labute approximate surface area is 219 Å². The van der Waals surface area contributed by atoms with Crippen molar-refractivity contribution in [2.45, 2.75) is 53.1 Å². The Bertz CT molecular complexity index is 940. The maximum Gasteiger partial charge on any atom is 0.472 e. The number of nitrogens with one attached hydrogen (secondary N) is 2. The van der Waals surface area contributed by atoms with E-state index in [1.54, 1.807) is 13.8 Å². The summed E-state index contributed by atoms with van der Waals surface area (Å²) in [6, 6.07) is 0. The number of carbonyl (C=O) groups excluding carboxylic acids is 6. The van der Waals surface area contributed by atoms with Crippen molar-refractivity contribution < 1.29 is 52.0 Å². The highest BCUT2D eigenvalue weighted by Gasteiger charge is 2.47. The molecular weight excluding hydrogens is 531 g/mol. The van der Waals surface area contributed by atoms with E-state index in [2.05, 4.69) is 15.4 Å². The van der Waals surface area contributed by atoms with Gasteiger partial charge in [-0.15, -0.1) is 0 Å². The van der Waals surface area contributed by atoms with E-state index in [9.17, 15) is 38.2 Å². The molecule has 1 heterocycles. The molecule has 3 N–H and O–H groups in total.